The molecule has 3 saturated heterocycles. The minimum atomic E-state index is -0.735. The molecule has 0 radical (unpaired) electrons. The average Bonchev–Trinajstić information content (AvgIpc) is 3.51. The molecule has 1 saturated carbocycles. The van der Waals surface area contributed by atoms with Crippen molar-refractivity contribution >= 4 is 17.0 Å². The van der Waals surface area contributed by atoms with Crippen LogP contribution in [0.3, 0.4) is 0 Å². The molecule has 4 heterocycles. The monoisotopic (exact) mass is 520 g/mol. The first-order chi connectivity index (χ1) is 18.6. The molecule has 1 aromatic carbocycles. The van der Waals surface area contributed by atoms with Gasteiger partial charge in [-0.3, -0.25) is 14.6 Å². The summed E-state index contributed by atoms with van der Waals surface area (Å²) in [5, 5.41) is 9.57. The molecule has 6 atom stereocenters. The fourth-order valence-corrected chi connectivity index (χ4v) is 9.11. The van der Waals surface area contributed by atoms with Gasteiger partial charge in [0.05, 0.1) is 23.6 Å². The normalized spacial score (nSPS) is 34.6. The highest BCUT2D eigenvalue weighted by atomic mass is 16.4. The van der Waals surface area contributed by atoms with Crippen molar-refractivity contribution in [1.82, 2.24) is 19.4 Å². The standard InChI is InChI=1S/C32H48N4O2/c1-3-9-23-16-22(4-2)17-26(18-23)35-24-10-7-11-25(35)20-27(19-24)36-29-13-6-5-12-28(29)33-32(36)30-14-8-15-34(30)21-31(37)38/h5-6,12-13,22-27,30H,3-4,7-11,14-21H2,1-2H3,(H,37,38)/t22?,23?,24?,25?,26?,27?,30-/m1/s1. The number of fused-ring (bicyclic) bond motifs is 3. The molecule has 0 spiro atoms. The molecule has 1 aliphatic carbocycles. The smallest absolute Gasteiger partial charge is 0.317 e. The van der Waals surface area contributed by atoms with Gasteiger partial charge >= 0.3 is 5.97 Å². The molecule has 0 amide bonds. The Hall–Kier alpha value is -1.92. The lowest BCUT2D eigenvalue weighted by molar-refractivity contribution is -0.138. The Bertz CT molecular complexity index is 1100. The molecule has 4 aliphatic rings. The van der Waals surface area contributed by atoms with Crippen LogP contribution in [0.2, 0.25) is 0 Å². The molecule has 208 valence electrons. The lowest BCUT2D eigenvalue weighted by Gasteiger charge is -2.55. The number of nitrogens with zero attached hydrogens (tertiary/aromatic N) is 4. The fraction of sp³-hybridized carbons (Fsp3) is 0.750. The Morgan fingerprint density at radius 2 is 1.68 bits per heavy atom. The topological polar surface area (TPSA) is 61.6 Å². The van der Waals surface area contributed by atoms with E-state index >= 15 is 0 Å². The van der Waals surface area contributed by atoms with Gasteiger partial charge in [0.25, 0.3) is 0 Å². The predicted octanol–water partition coefficient (Wildman–Crippen LogP) is 6.81. The van der Waals surface area contributed by atoms with Crippen molar-refractivity contribution in [1.29, 1.82) is 0 Å². The molecule has 2 bridgehead atoms. The van der Waals surface area contributed by atoms with Gasteiger partial charge in [0, 0.05) is 24.2 Å². The number of aliphatic carboxylic acids is 1. The number of likely N-dealkylation sites (tertiary alicyclic amines) is 1. The van der Waals surface area contributed by atoms with E-state index in [2.05, 4.69) is 52.5 Å². The first-order valence-corrected chi connectivity index (χ1v) is 15.8. The zero-order chi connectivity index (χ0) is 26.2. The Morgan fingerprint density at radius 3 is 2.42 bits per heavy atom. The lowest BCUT2D eigenvalue weighted by atomic mass is 9.72. The Kier molecular flexibility index (Phi) is 7.82. The van der Waals surface area contributed by atoms with Crippen molar-refractivity contribution in [2.24, 2.45) is 11.8 Å². The molecule has 1 N–H and O–H groups in total. The quantitative estimate of drug-likeness (QED) is 0.414. The molecule has 2 aromatic rings. The van der Waals surface area contributed by atoms with Gasteiger partial charge < -0.3 is 9.67 Å². The van der Waals surface area contributed by atoms with Crippen LogP contribution < -0.4 is 0 Å². The number of rotatable bonds is 8. The molecule has 1 aromatic heterocycles. The average molecular weight is 521 g/mol. The van der Waals surface area contributed by atoms with Crippen molar-refractivity contribution in [3.63, 3.8) is 0 Å². The number of carboxylic acids is 1. The van der Waals surface area contributed by atoms with Crippen molar-refractivity contribution in [3.8, 4) is 0 Å². The maximum absolute atomic E-state index is 11.6. The molecule has 3 aliphatic heterocycles. The van der Waals surface area contributed by atoms with Crippen LogP contribution in [-0.4, -0.2) is 61.6 Å². The number of benzene rings is 1. The third kappa shape index (κ3) is 5.03. The van der Waals surface area contributed by atoms with Gasteiger partial charge in [-0.1, -0.05) is 51.7 Å². The van der Waals surface area contributed by atoms with Crippen LogP contribution in [0.1, 0.15) is 115 Å². The first kappa shape index (κ1) is 26.3. The van der Waals surface area contributed by atoms with E-state index in [-0.39, 0.29) is 12.6 Å². The van der Waals surface area contributed by atoms with E-state index in [1.54, 1.807) is 0 Å². The summed E-state index contributed by atoms with van der Waals surface area (Å²) >= 11 is 0. The summed E-state index contributed by atoms with van der Waals surface area (Å²) in [5.74, 6) is 2.19. The number of para-hydroxylation sites is 2. The number of imidazole rings is 1. The van der Waals surface area contributed by atoms with E-state index < -0.39 is 5.97 Å². The Labute approximate surface area is 228 Å². The number of carbonyl (C=O) groups is 1. The number of aromatic nitrogens is 2. The second kappa shape index (κ2) is 11.3. The largest absolute Gasteiger partial charge is 0.480 e. The molecule has 5 unspecified atom stereocenters. The van der Waals surface area contributed by atoms with Crippen LogP contribution in [0.25, 0.3) is 11.0 Å². The molecule has 4 fully saturated rings. The van der Waals surface area contributed by atoms with E-state index in [9.17, 15) is 9.90 Å². The van der Waals surface area contributed by atoms with Gasteiger partial charge in [0.15, 0.2) is 0 Å². The lowest BCUT2D eigenvalue weighted by Crippen LogP contribution is -2.58. The van der Waals surface area contributed by atoms with Gasteiger partial charge in [0.1, 0.15) is 5.82 Å². The van der Waals surface area contributed by atoms with Gasteiger partial charge in [-0.2, -0.15) is 0 Å². The predicted molar refractivity (Wildman–Crippen MR) is 152 cm³/mol. The van der Waals surface area contributed by atoms with Crippen LogP contribution in [-0.2, 0) is 4.79 Å². The molecular weight excluding hydrogens is 472 g/mol. The highest BCUT2D eigenvalue weighted by molar-refractivity contribution is 5.76. The van der Waals surface area contributed by atoms with Crippen LogP contribution in [0.5, 0.6) is 0 Å². The van der Waals surface area contributed by atoms with Crippen molar-refractivity contribution in [2.75, 3.05) is 13.1 Å². The zero-order valence-corrected chi connectivity index (χ0v) is 23.6. The van der Waals surface area contributed by atoms with E-state index in [0.29, 0.717) is 18.1 Å². The summed E-state index contributed by atoms with van der Waals surface area (Å²) < 4.78 is 2.58. The summed E-state index contributed by atoms with van der Waals surface area (Å²) in [6.45, 7) is 5.73. The highest BCUT2D eigenvalue weighted by Crippen LogP contribution is 2.47. The summed E-state index contributed by atoms with van der Waals surface area (Å²) in [6, 6.07) is 11.3. The minimum Gasteiger partial charge on any atom is -0.480 e. The van der Waals surface area contributed by atoms with Crippen molar-refractivity contribution < 1.29 is 9.90 Å². The Balaban J connectivity index is 1.30. The molecule has 6 rings (SSSR count). The fourth-order valence-electron chi connectivity index (χ4n) is 9.11. The first-order valence-electron chi connectivity index (χ1n) is 15.8. The summed E-state index contributed by atoms with van der Waals surface area (Å²) in [4.78, 5) is 22.0. The molecular formula is C32H48N4O2. The van der Waals surface area contributed by atoms with Crippen LogP contribution in [0.15, 0.2) is 24.3 Å². The summed E-state index contributed by atoms with van der Waals surface area (Å²) in [7, 11) is 0. The van der Waals surface area contributed by atoms with E-state index in [0.717, 1.165) is 48.6 Å². The van der Waals surface area contributed by atoms with Crippen molar-refractivity contribution in [3.05, 3.63) is 30.1 Å². The number of carboxylic acid groups (broad SMARTS) is 1. The second-order valence-corrected chi connectivity index (χ2v) is 13.0. The van der Waals surface area contributed by atoms with Crippen LogP contribution in [0, 0.1) is 11.8 Å². The molecule has 6 heteroatoms. The maximum atomic E-state index is 11.6. The second-order valence-electron chi connectivity index (χ2n) is 13.0. The number of piperidine rings is 2. The third-order valence-corrected chi connectivity index (χ3v) is 10.6. The Morgan fingerprint density at radius 1 is 0.921 bits per heavy atom. The third-order valence-electron chi connectivity index (χ3n) is 10.6. The molecule has 6 nitrogen and oxygen atoms in total. The number of hydrogen-bond donors (Lipinski definition) is 1. The van der Waals surface area contributed by atoms with Crippen LogP contribution >= 0.6 is 0 Å². The molecule has 38 heavy (non-hydrogen) atoms. The summed E-state index contributed by atoms with van der Waals surface area (Å²) in [5.41, 5.74) is 2.31. The van der Waals surface area contributed by atoms with Gasteiger partial charge in [-0.25, -0.2) is 4.98 Å². The van der Waals surface area contributed by atoms with Crippen LogP contribution in [0.4, 0.5) is 0 Å². The zero-order valence-electron chi connectivity index (χ0n) is 23.6. The van der Waals surface area contributed by atoms with E-state index in [1.807, 2.05) is 0 Å². The number of hydrogen-bond acceptors (Lipinski definition) is 4. The van der Waals surface area contributed by atoms with Crippen molar-refractivity contribution in [2.45, 2.75) is 128 Å². The highest BCUT2D eigenvalue weighted by Gasteiger charge is 2.45. The van der Waals surface area contributed by atoms with Gasteiger partial charge in [0.2, 0.25) is 0 Å². The van der Waals surface area contributed by atoms with Gasteiger partial charge in [-0.15, -0.1) is 0 Å². The summed E-state index contributed by atoms with van der Waals surface area (Å²) in [6.07, 6.45) is 16.8. The maximum Gasteiger partial charge on any atom is 0.317 e. The van der Waals surface area contributed by atoms with Gasteiger partial charge in [-0.05, 0) is 88.3 Å². The SMILES string of the molecule is CCCC1CC(CC)CC(N2C3CCCC2CC(n2c([C@H]4CCCN4CC(=O)O)nc4ccccc42)C3)C1. The van der Waals surface area contributed by atoms with E-state index in [4.69, 9.17) is 4.98 Å². The van der Waals surface area contributed by atoms with E-state index in [1.165, 1.54) is 76.1 Å². The minimum absolute atomic E-state index is 0.106.